The lowest BCUT2D eigenvalue weighted by atomic mass is 10.0. The molecule has 1 N–H and O–H groups in total. The SMILES string of the molecule is CCN1CCC(CN2CC(C)CNCC(C)C2)C1. The predicted molar refractivity (Wildman–Crippen MR) is 77.9 cm³/mol. The Morgan fingerprint density at radius 1 is 1.00 bits per heavy atom. The van der Waals surface area contributed by atoms with Crippen molar-refractivity contribution in [1.82, 2.24) is 15.1 Å². The van der Waals surface area contributed by atoms with Crippen molar-refractivity contribution < 1.29 is 0 Å². The molecule has 2 heterocycles. The maximum absolute atomic E-state index is 3.58. The first-order valence-electron chi connectivity index (χ1n) is 7.82. The summed E-state index contributed by atoms with van der Waals surface area (Å²) < 4.78 is 0. The van der Waals surface area contributed by atoms with Crippen LogP contribution >= 0.6 is 0 Å². The maximum atomic E-state index is 3.58. The molecule has 0 aliphatic carbocycles. The van der Waals surface area contributed by atoms with Gasteiger partial charge in [-0.15, -0.1) is 0 Å². The first-order chi connectivity index (χ1) is 8.67. The molecule has 0 saturated carbocycles. The van der Waals surface area contributed by atoms with Crippen molar-refractivity contribution in [1.29, 1.82) is 0 Å². The van der Waals surface area contributed by atoms with Gasteiger partial charge in [-0.3, -0.25) is 0 Å². The summed E-state index contributed by atoms with van der Waals surface area (Å²) in [5.74, 6) is 2.50. The number of nitrogens with zero attached hydrogens (tertiary/aromatic N) is 2. The Balaban J connectivity index is 1.82. The molecule has 0 amide bonds. The average Bonchev–Trinajstić information content (AvgIpc) is 2.74. The van der Waals surface area contributed by atoms with Gasteiger partial charge in [-0.05, 0) is 50.4 Å². The normalized spacial score (nSPS) is 36.5. The van der Waals surface area contributed by atoms with Gasteiger partial charge >= 0.3 is 0 Å². The molecule has 2 aliphatic rings. The third-order valence-electron chi connectivity index (χ3n) is 4.46. The van der Waals surface area contributed by atoms with Crippen LogP contribution in [0.4, 0.5) is 0 Å². The highest BCUT2D eigenvalue weighted by Gasteiger charge is 2.25. The molecule has 3 heteroatoms. The zero-order valence-electron chi connectivity index (χ0n) is 12.5. The average molecular weight is 253 g/mol. The molecule has 2 saturated heterocycles. The number of hydrogen-bond acceptors (Lipinski definition) is 3. The summed E-state index contributed by atoms with van der Waals surface area (Å²) in [5.41, 5.74) is 0. The van der Waals surface area contributed by atoms with Gasteiger partial charge in [-0.2, -0.15) is 0 Å². The highest BCUT2D eigenvalue weighted by atomic mass is 15.2. The zero-order chi connectivity index (χ0) is 13.0. The molecule has 0 bridgehead atoms. The minimum Gasteiger partial charge on any atom is -0.316 e. The van der Waals surface area contributed by atoms with Crippen molar-refractivity contribution >= 4 is 0 Å². The first kappa shape index (κ1) is 14.3. The highest BCUT2D eigenvalue weighted by molar-refractivity contribution is 4.80. The summed E-state index contributed by atoms with van der Waals surface area (Å²) in [6, 6.07) is 0. The molecule has 106 valence electrons. The van der Waals surface area contributed by atoms with Gasteiger partial charge in [0.2, 0.25) is 0 Å². The molecule has 3 atom stereocenters. The molecule has 2 aliphatic heterocycles. The van der Waals surface area contributed by atoms with Crippen LogP contribution in [0.15, 0.2) is 0 Å². The van der Waals surface area contributed by atoms with Crippen LogP contribution in [-0.4, -0.2) is 62.2 Å². The van der Waals surface area contributed by atoms with Gasteiger partial charge in [0, 0.05) is 26.2 Å². The van der Waals surface area contributed by atoms with Gasteiger partial charge in [-0.1, -0.05) is 20.8 Å². The fraction of sp³-hybridized carbons (Fsp3) is 1.00. The number of rotatable bonds is 3. The van der Waals surface area contributed by atoms with E-state index in [1.54, 1.807) is 0 Å². The lowest BCUT2D eigenvalue weighted by molar-refractivity contribution is 0.161. The summed E-state index contributed by atoms with van der Waals surface area (Å²) in [6.45, 7) is 17.2. The van der Waals surface area contributed by atoms with Crippen LogP contribution in [0.25, 0.3) is 0 Å². The summed E-state index contributed by atoms with van der Waals surface area (Å²) in [7, 11) is 0. The van der Waals surface area contributed by atoms with E-state index >= 15 is 0 Å². The number of hydrogen-bond donors (Lipinski definition) is 1. The Morgan fingerprint density at radius 3 is 2.22 bits per heavy atom. The Bertz CT molecular complexity index is 232. The molecule has 0 aromatic carbocycles. The minimum absolute atomic E-state index is 0.793. The molecule has 18 heavy (non-hydrogen) atoms. The van der Waals surface area contributed by atoms with E-state index in [0.29, 0.717) is 0 Å². The van der Waals surface area contributed by atoms with Crippen LogP contribution in [0.1, 0.15) is 27.2 Å². The fourth-order valence-electron chi connectivity index (χ4n) is 3.52. The molecule has 0 aromatic rings. The van der Waals surface area contributed by atoms with Crippen LogP contribution in [0.3, 0.4) is 0 Å². The topological polar surface area (TPSA) is 18.5 Å². The van der Waals surface area contributed by atoms with E-state index in [9.17, 15) is 0 Å². The number of likely N-dealkylation sites (tertiary alicyclic amines) is 1. The Morgan fingerprint density at radius 2 is 1.67 bits per heavy atom. The third-order valence-corrected chi connectivity index (χ3v) is 4.46. The van der Waals surface area contributed by atoms with Gasteiger partial charge in [-0.25, -0.2) is 0 Å². The van der Waals surface area contributed by atoms with E-state index in [2.05, 4.69) is 35.9 Å². The van der Waals surface area contributed by atoms with E-state index in [-0.39, 0.29) is 0 Å². The van der Waals surface area contributed by atoms with Crippen LogP contribution in [-0.2, 0) is 0 Å². The lowest BCUT2D eigenvalue weighted by Gasteiger charge is -2.33. The summed E-state index contributed by atoms with van der Waals surface area (Å²) in [6.07, 6.45) is 1.41. The fourth-order valence-corrected chi connectivity index (χ4v) is 3.52. The van der Waals surface area contributed by atoms with Crippen LogP contribution in [0.5, 0.6) is 0 Å². The zero-order valence-corrected chi connectivity index (χ0v) is 12.5. The highest BCUT2D eigenvalue weighted by Crippen LogP contribution is 2.19. The van der Waals surface area contributed by atoms with Gasteiger partial charge in [0.1, 0.15) is 0 Å². The second kappa shape index (κ2) is 6.88. The van der Waals surface area contributed by atoms with Crippen molar-refractivity contribution in [2.45, 2.75) is 27.2 Å². The van der Waals surface area contributed by atoms with E-state index in [0.717, 1.165) is 17.8 Å². The van der Waals surface area contributed by atoms with Gasteiger partial charge in [0.05, 0.1) is 0 Å². The van der Waals surface area contributed by atoms with Crippen molar-refractivity contribution in [2.75, 3.05) is 52.4 Å². The van der Waals surface area contributed by atoms with Crippen molar-refractivity contribution in [3.8, 4) is 0 Å². The second-order valence-corrected chi connectivity index (χ2v) is 6.64. The second-order valence-electron chi connectivity index (χ2n) is 6.64. The smallest absolute Gasteiger partial charge is 0.00226 e. The maximum Gasteiger partial charge on any atom is 0.00226 e. The standard InChI is InChI=1S/C15H31N3/c1-4-17-6-5-15(11-17)12-18-9-13(2)7-16-8-14(3)10-18/h13-16H,4-12H2,1-3H3. The number of nitrogens with one attached hydrogen (secondary N) is 1. The van der Waals surface area contributed by atoms with Crippen molar-refractivity contribution in [3.05, 3.63) is 0 Å². The summed E-state index contributed by atoms with van der Waals surface area (Å²) in [5, 5.41) is 3.58. The Hall–Kier alpha value is -0.120. The predicted octanol–water partition coefficient (Wildman–Crippen LogP) is 1.51. The van der Waals surface area contributed by atoms with Gasteiger partial charge in [0.15, 0.2) is 0 Å². The van der Waals surface area contributed by atoms with E-state index in [4.69, 9.17) is 0 Å². The summed E-state index contributed by atoms with van der Waals surface area (Å²) in [4.78, 5) is 5.34. The van der Waals surface area contributed by atoms with Crippen LogP contribution < -0.4 is 5.32 Å². The molecule has 3 unspecified atom stereocenters. The molecule has 0 spiro atoms. The molecular formula is C15H31N3. The Labute approximate surface area is 113 Å². The molecule has 0 radical (unpaired) electrons. The van der Waals surface area contributed by atoms with E-state index < -0.39 is 0 Å². The lowest BCUT2D eigenvalue weighted by Crippen LogP contribution is -2.44. The quantitative estimate of drug-likeness (QED) is 0.822. The molecule has 0 aromatic heterocycles. The molecular weight excluding hydrogens is 222 g/mol. The Kier molecular flexibility index (Phi) is 5.46. The monoisotopic (exact) mass is 253 g/mol. The molecule has 3 nitrogen and oxygen atoms in total. The largest absolute Gasteiger partial charge is 0.316 e. The van der Waals surface area contributed by atoms with Crippen molar-refractivity contribution in [3.63, 3.8) is 0 Å². The van der Waals surface area contributed by atoms with Gasteiger partial charge < -0.3 is 15.1 Å². The van der Waals surface area contributed by atoms with Crippen LogP contribution in [0, 0.1) is 17.8 Å². The third kappa shape index (κ3) is 4.22. The summed E-state index contributed by atoms with van der Waals surface area (Å²) >= 11 is 0. The first-order valence-corrected chi connectivity index (χ1v) is 7.82. The molecule has 2 fully saturated rings. The van der Waals surface area contributed by atoms with E-state index in [1.165, 1.54) is 58.8 Å². The molecule has 2 rings (SSSR count). The van der Waals surface area contributed by atoms with E-state index in [1.807, 2.05) is 0 Å². The van der Waals surface area contributed by atoms with Gasteiger partial charge in [0.25, 0.3) is 0 Å². The minimum atomic E-state index is 0.793. The van der Waals surface area contributed by atoms with Crippen LogP contribution in [0.2, 0.25) is 0 Å². The van der Waals surface area contributed by atoms with Crippen molar-refractivity contribution in [2.24, 2.45) is 17.8 Å².